The monoisotopic (exact) mass is 550 g/mol. The number of aliphatic hydroxyl groups is 1. The van der Waals surface area contributed by atoms with Crippen LogP contribution in [-0.2, 0) is 16.2 Å². The highest BCUT2D eigenvalue weighted by Crippen LogP contribution is 2.30. The molecule has 0 fully saturated rings. The van der Waals surface area contributed by atoms with Crippen molar-refractivity contribution in [2.75, 3.05) is 43.3 Å². The number of nitrogens with one attached hydrogen (secondary N) is 3. The molecule has 1 aromatic carbocycles. The zero-order valence-electron chi connectivity index (χ0n) is 20.4. The number of aromatic nitrogens is 5. The number of rotatable bonds is 10. The number of benzene rings is 1. The molecule has 0 saturated carbocycles. The fourth-order valence-corrected chi connectivity index (χ4v) is 4.64. The lowest BCUT2D eigenvalue weighted by Crippen LogP contribution is -2.28. The third kappa shape index (κ3) is 6.17. The first-order chi connectivity index (χ1) is 18.0. The summed E-state index contributed by atoms with van der Waals surface area (Å²) in [5.74, 6) is 0.912. The van der Waals surface area contributed by atoms with Crippen LogP contribution in [0.15, 0.2) is 47.6 Å². The number of aliphatic hydroxyl groups excluding tert-OH is 1. The molecule has 0 aliphatic carbocycles. The van der Waals surface area contributed by atoms with E-state index in [1.807, 2.05) is 18.9 Å². The van der Waals surface area contributed by atoms with E-state index < -0.39 is 26.8 Å². The number of pyridine rings is 1. The van der Waals surface area contributed by atoms with Crippen LogP contribution in [0.5, 0.6) is 0 Å². The molecule has 15 heteroatoms. The summed E-state index contributed by atoms with van der Waals surface area (Å²) in [6.07, 6.45) is -3.91. The third-order valence-electron chi connectivity index (χ3n) is 5.60. The second-order valence-corrected chi connectivity index (χ2v) is 10.1. The molecule has 4 N–H and O–H groups in total. The Balaban J connectivity index is 1.56. The van der Waals surface area contributed by atoms with E-state index in [2.05, 4.69) is 35.2 Å². The minimum Gasteiger partial charge on any atom is -0.395 e. The van der Waals surface area contributed by atoms with Gasteiger partial charge in [0.05, 0.1) is 23.3 Å². The van der Waals surface area contributed by atoms with Crippen molar-refractivity contribution in [3.8, 4) is 11.4 Å². The maximum absolute atomic E-state index is 13.0. The Hall–Kier alpha value is -3.82. The molecule has 4 rings (SSSR count). The average molecular weight is 551 g/mol. The van der Waals surface area contributed by atoms with Crippen LogP contribution in [0.4, 0.5) is 24.7 Å². The molecule has 0 aliphatic rings. The van der Waals surface area contributed by atoms with Crippen LogP contribution in [-0.4, -0.2) is 76.9 Å². The summed E-state index contributed by atoms with van der Waals surface area (Å²) in [7, 11) is -2.47. The number of hydrogen-bond acceptors (Lipinski definition) is 9. The molecule has 3 heterocycles. The molecule has 38 heavy (non-hydrogen) atoms. The Morgan fingerprint density at radius 1 is 1.11 bits per heavy atom. The number of alkyl halides is 3. The number of aromatic amines is 1. The van der Waals surface area contributed by atoms with E-state index >= 15 is 0 Å². The summed E-state index contributed by atoms with van der Waals surface area (Å²) in [4.78, 5) is 14.7. The molecule has 3 aromatic heterocycles. The lowest BCUT2D eigenvalue weighted by molar-refractivity contribution is -0.137. The molecular formula is C23H25F3N8O3S. The smallest absolute Gasteiger partial charge is 0.395 e. The van der Waals surface area contributed by atoms with Gasteiger partial charge in [0.1, 0.15) is 5.82 Å². The standard InChI is InChI=1S/C23H25F3N8O3S/c1-14-19-21(28-9-10-34(2)11-12-35)29-20(30-22(19)32-31-14)15-3-5-17(6-4-15)33-38(36,37)18-13-16(7-8-27-18)23(24,25)26/h3-8,13,33,35H,9-12H2,1-2H3,(H2,28,29,30,31,32). The summed E-state index contributed by atoms with van der Waals surface area (Å²) in [6, 6.07) is 7.23. The minimum atomic E-state index is -4.70. The van der Waals surface area contributed by atoms with E-state index in [-0.39, 0.29) is 12.3 Å². The van der Waals surface area contributed by atoms with Gasteiger partial charge in [0.15, 0.2) is 16.5 Å². The quantitative estimate of drug-likeness (QED) is 0.234. The number of H-pyrrole nitrogens is 1. The largest absolute Gasteiger partial charge is 0.416 e. The second-order valence-electron chi connectivity index (χ2n) is 8.45. The highest BCUT2D eigenvalue weighted by Gasteiger charge is 2.32. The first-order valence-corrected chi connectivity index (χ1v) is 12.9. The molecule has 4 aromatic rings. The summed E-state index contributed by atoms with van der Waals surface area (Å²) in [6.45, 7) is 3.63. The van der Waals surface area contributed by atoms with E-state index in [1.54, 1.807) is 12.1 Å². The number of aryl methyl sites for hydroxylation is 1. The number of likely N-dealkylation sites (N-methyl/N-ethyl adjacent to an activating group) is 1. The zero-order chi connectivity index (χ0) is 27.5. The van der Waals surface area contributed by atoms with Gasteiger partial charge in [0.2, 0.25) is 0 Å². The topological polar surface area (TPSA) is 149 Å². The van der Waals surface area contributed by atoms with Gasteiger partial charge >= 0.3 is 6.18 Å². The predicted molar refractivity (Wildman–Crippen MR) is 135 cm³/mol. The summed E-state index contributed by atoms with van der Waals surface area (Å²) >= 11 is 0. The number of halogens is 3. The highest BCUT2D eigenvalue weighted by atomic mass is 32.2. The van der Waals surface area contributed by atoms with Gasteiger partial charge in [-0.05, 0) is 50.4 Å². The fourth-order valence-electron chi connectivity index (χ4n) is 3.61. The van der Waals surface area contributed by atoms with Gasteiger partial charge in [0.25, 0.3) is 10.0 Å². The lowest BCUT2D eigenvalue weighted by Gasteiger charge is -2.16. The van der Waals surface area contributed by atoms with Crippen LogP contribution >= 0.6 is 0 Å². The van der Waals surface area contributed by atoms with Gasteiger partial charge in [0, 0.05) is 37.1 Å². The van der Waals surface area contributed by atoms with Crippen molar-refractivity contribution in [2.24, 2.45) is 0 Å². The molecule has 0 bridgehead atoms. The first-order valence-electron chi connectivity index (χ1n) is 11.4. The van der Waals surface area contributed by atoms with Crippen molar-refractivity contribution >= 4 is 32.6 Å². The first kappa shape index (κ1) is 27.2. The average Bonchev–Trinajstić information content (AvgIpc) is 3.25. The van der Waals surface area contributed by atoms with Crippen molar-refractivity contribution in [1.82, 2.24) is 30.0 Å². The second kappa shape index (κ2) is 10.9. The Morgan fingerprint density at radius 3 is 2.53 bits per heavy atom. The van der Waals surface area contributed by atoms with Gasteiger partial charge in [-0.15, -0.1) is 0 Å². The molecule has 0 saturated heterocycles. The van der Waals surface area contributed by atoms with Gasteiger partial charge in [-0.1, -0.05) is 0 Å². The maximum Gasteiger partial charge on any atom is 0.416 e. The van der Waals surface area contributed by atoms with Crippen LogP contribution in [0.3, 0.4) is 0 Å². The van der Waals surface area contributed by atoms with Crippen molar-refractivity contribution in [1.29, 1.82) is 0 Å². The maximum atomic E-state index is 13.0. The fraction of sp³-hybridized carbons (Fsp3) is 0.304. The van der Waals surface area contributed by atoms with E-state index in [0.29, 0.717) is 60.3 Å². The van der Waals surface area contributed by atoms with Crippen molar-refractivity contribution in [3.05, 3.63) is 53.9 Å². The Labute approximate surface area is 216 Å². The molecule has 0 amide bonds. The molecule has 0 unspecified atom stereocenters. The molecule has 11 nitrogen and oxygen atoms in total. The number of anilines is 2. The Kier molecular flexibility index (Phi) is 7.80. The van der Waals surface area contributed by atoms with Gasteiger partial charge in [-0.25, -0.2) is 15.0 Å². The molecule has 0 radical (unpaired) electrons. The molecular weight excluding hydrogens is 525 g/mol. The van der Waals surface area contributed by atoms with Crippen LogP contribution in [0.1, 0.15) is 11.3 Å². The number of nitrogens with zero attached hydrogens (tertiary/aromatic N) is 5. The highest BCUT2D eigenvalue weighted by molar-refractivity contribution is 7.92. The third-order valence-corrected chi connectivity index (χ3v) is 6.88. The molecule has 0 atom stereocenters. The van der Waals surface area contributed by atoms with Gasteiger partial charge < -0.3 is 15.3 Å². The van der Waals surface area contributed by atoms with Crippen molar-refractivity contribution < 1.29 is 26.7 Å². The normalized spacial score (nSPS) is 12.3. The lowest BCUT2D eigenvalue weighted by atomic mass is 10.2. The Bertz CT molecular complexity index is 1530. The van der Waals surface area contributed by atoms with Crippen LogP contribution < -0.4 is 10.0 Å². The van der Waals surface area contributed by atoms with E-state index in [4.69, 9.17) is 5.11 Å². The van der Waals surface area contributed by atoms with E-state index in [9.17, 15) is 21.6 Å². The summed E-state index contributed by atoms with van der Waals surface area (Å²) < 4.78 is 66.4. The number of fused-ring (bicyclic) bond motifs is 1. The molecule has 0 aliphatic heterocycles. The minimum absolute atomic E-state index is 0.0574. The van der Waals surface area contributed by atoms with Crippen LogP contribution in [0.2, 0.25) is 0 Å². The summed E-state index contributed by atoms with van der Waals surface area (Å²) in [5, 5.41) is 19.4. The van der Waals surface area contributed by atoms with Crippen LogP contribution in [0, 0.1) is 6.92 Å². The Morgan fingerprint density at radius 2 is 1.84 bits per heavy atom. The van der Waals surface area contributed by atoms with E-state index in [1.165, 1.54) is 12.1 Å². The predicted octanol–water partition coefficient (Wildman–Crippen LogP) is 2.88. The van der Waals surface area contributed by atoms with Gasteiger partial charge in [-0.3, -0.25) is 9.82 Å². The number of sulfonamides is 1. The number of hydrogen-bond donors (Lipinski definition) is 4. The van der Waals surface area contributed by atoms with Gasteiger partial charge in [-0.2, -0.15) is 26.7 Å². The SMILES string of the molecule is Cc1n[nH]c2nc(-c3ccc(NS(=O)(=O)c4cc(C(F)(F)F)ccn4)cc3)nc(NCCN(C)CCO)c12. The van der Waals surface area contributed by atoms with E-state index in [0.717, 1.165) is 11.6 Å². The molecule has 0 spiro atoms. The summed E-state index contributed by atoms with van der Waals surface area (Å²) in [5.41, 5.74) is 0.801. The molecule has 202 valence electrons. The van der Waals surface area contributed by atoms with Crippen LogP contribution in [0.25, 0.3) is 22.4 Å². The van der Waals surface area contributed by atoms with Crippen molar-refractivity contribution in [2.45, 2.75) is 18.1 Å². The zero-order valence-corrected chi connectivity index (χ0v) is 21.2. The van der Waals surface area contributed by atoms with Crippen molar-refractivity contribution in [3.63, 3.8) is 0 Å².